The Morgan fingerprint density at radius 3 is 2.31 bits per heavy atom. The van der Waals surface area contributed by atoms with Crippen molar-refractivity contribution in [1.82, 2.24) is 10.2 Å². The van der Waals surface area contributed by atoms with Crippen molar-refractivity contribution in [2.45, 2.75) is 63.6 Å². The van der Waals surface area contributed by atoms with Crippen LogP contribution in [-0.4, -0.2) is 48.9 Å². The van der Waals surface area contributed by atoms with E-state index in [2.05, 4.69) is 12.2 Å². The van der Waals surface area contributed by atoms with Crippen LogP contribution in [0.1, 0.15) is 57.1 Å². The van der Waals surface area contributed by atoms with Crippen molar-refractivity contribution in [3.8, 4) is 11.5 Å². The number of hydrogen-bond donors (Lipinski definition) is 1. The topological polar surface area (TPSA) is 67.9 Å². The lowest BCUT2D eigenvalue weighted by Gasteiger charge is -2.34. The first kappa shape index (κ1) is 21.8. The number of benzene rings is 1. The minimum atomic E-state index is -0.729. The number of methoxy groups -OCH3 is 2. The van der Waals surface area contributed by atoms with Crippen LogP contribution in [0.4, 0.5) is 0 Å². The first-order valence-electron chi connectivity index (χ1n) is 10.4. The van der Waals surface area contributed by atoms with Crippen LogP contribution in [0.15, 0.2) is 18.2 Å². The number of nitrogens with one attached hydrogen (secondary N) is 1. The van der Waals surface area contributed by atoms with E-state index in [0.29, 0.717) is 23.0 Å². The molecule has 2 saturated carbocycles. The Labute approximate surface area is 177 Å². The molecule has 3 rings (SSSR count). The highest BCUT2D eigenvalue weighted by molar-refractivity contribution is 6.27. The maximum atomic E-state index is 13.4. The summed E-state index contributed by atoms with van der Waals surface area (Å²) < 4.78 is 10.7. The van der Waals surface area contributed by atoms with Crippen molar-refractivity contribution in [1.29, 1.82) is 0 Å². The minimum Gasteiger partial charge on any atom is -0.493 e. The third-order valence-electron chi connectivity index (χ3n) is 5.95. The predicted octanol–water partition coefficient (Wildman–Crippen LogP) is 3.67. The van der Waals surface area contributed by atoms with E-state index in [1.807, 2.05) is 6.07 Å². The lowest BCUT2D eigenvalue weighted by molar-refractivity contribution is -0.140. The average molecular weight is 423 g/mol. The number of halogens is 1. The molecule has 160 valence electrons. The van der Waals surface area contributed by atoms with Crippen molar-refractivity contribution in [2.24, 2.45) is 5.92 Å². The molecule has 0 aromatic heterocycles. The SMILES string of the molecule is COc1ccc(C(C(=O)NC2CCC(C)CC2)N(C(=O)CCl)C2CC2)cc1OC. The fourth-order valence-electron chi connectivity index (χ4n) is 4.13. The predicted molar refractivity (Wildman–Crippen MR) is 112 cm³/mol. The zero-order valence-corrected chi connectivity index (χ0v) is 18.2. The van der Waals surface area contributed by atoms with Crippen molar-refractivity contribution in [3.63, 3.8) is 0 Å². The van der Waals surface area contributed by atoms with Gasteiger partial charge in [0.25, 0.3) is 0 Å². The largest absolute Gasteiger partial charge is 0.493 e. The van der Waals surface area contributed by atoms with Gasteiger partial charge in [-0.05, 0) is 62.1 Å². The molecule has 0 heterocycles. The van der Waals surface area contributed by atoms with E-state index in [-0.39, 0.29) is 29.8 Å². The summed E-state index contributed by atoms with van der Waals surface area (Å²) in [6, 6.07) is 4.85. The second-order valence-electron chi connectivity index (χ2n) is 8.15. The van der Waals surface area contributed by atoms with Crippen LogP contribution >= 0.6 is 11.6 Å². The van der Waals surface area contributed by atoms with Gasteiger partial charge in [-0.3, -0.25) is 9.59 Å². The Kier molecular flexibility index (Phi) is 7.28. The summed E-state index contributed by atoms with van der Waals surface area (Å²) in [6.07, 6.45) is 5.94. The monoisotopic (exact) mass is 422 g/mol. The Balaban J connectivity index is 1.91. The van der Waals surface area contributed by atoms with Gasteiger partial charge < -0.3 is 19.7 Å². The normalized spacial score (nSPS) is 22.5. The standard InChI is InChI=1S/C22H31ClN2O4/c1-14-4-7-16(8-5-14)24-22(27)21(25(17-9-10-17)20(26)13-23)15-6-11-18(28-2)19(12-15)29-3/h6,11-12,14,16-17,21H,4-5,7-10,13H2,1-3H3,(H,24,27). The Bertz CT molecular complexity index is 730. The summed E-state index contributed by atoms with van der Waals surface area (Å²) in [6.45, 7) is 2.25. The van der Waals surface area contributed by atoms with E-state index in [4.69, 9.17) is 21.1 Å². The van der Waals surface area contributed by atoms with Gasteiger partial charge in [-0.2, -0.15) is 0 Å². The lowest BCUT2D eigenvalue weighted by Crippen LogP contribution is -2.48. The number of hydrogen-bond acceptors (Lipinski definition) is 4. The summed E-state index contributed by atoms with van der Waals surface area (Å²) in [4.78, 5) is 27.8. The third kappa shape index (κ3) is 5.16. The van der Waals surface area contributed by atoms with E-state index in [1.54, 1.807) is 31.3 Å². The van der Waals surface area contributed by atoms with Crippen LogP contribution in [0.2, 0.25) is 0 Å². The molecule has 0 bridgehead atoms. The Hall–Kier alpha value is -1.95. The van der Waals surface area contributed by atoms with Crippen LogP contribution in [0.3, 0.4) is 0 Å². The van der Waals surface area contributed by atoms with Crippen LogP contribution in [0, 0.1) is 5.92 Å². The summed E-state index contributed by atoms with van der Waals surface area (Å²) in [5.74, 6) is 1.30. The van der Waals surface area contributed by atoms with Crippen LogP contribution in [0.25, 0.3) is 0 Å². The smallest absolute Gasteiger partial charge is 0.247 e. The number of carbonyl (C=O) groups is 2. The van der Waals surface area contributed by atoms with Gasteiger partial charge in [0.1, 0.15) is 11.9 Å². The summed E-state index contributed by atoms with van der Waals surface area (Å²) in [5.41, 5.74) is 0.703. The molecular weight excluding hydrogens is 392 g/mol. The molecule has 1 N–H and O–H groups in total. The molecule has 2 amide bonds. The quantitative estimate of drug-likeness (QED) is 0.649. The van der Waals surface area contributed by atoms with Crippen molar-refractivity contribution in [2.75, 3.05) is 20.1 Å². The van der Waals surface area contributed by atoms with Gasteiger partial charge in [0, 0.05) is 12.1 Å². The maximum absolute atomic E-state index is 13.4. The second kappa shape index (κ2) is 9.70. The van der Waals surface area contributed by atoms with Crippen molar-refractivity contribution in [3.05, 3.63) is 23.8 Å². The van der Waals surface area contributed by atoms with E-state index < -0.39 is 6.04 Å². The van der Waals surface area contributed by atoms with Crippen LogP contribution in [-0.2, 0) is 9.59 Å². The molecule has 2 aliphatic carbocycles. The first-order chi connectivity index (χ1) is 14.0. The molecule has 2 fully saturated rings. The van der Waals surface area contributed by atoms with Gasteiger partial charge in [-0.15, -0.1) is 11.6 Å². The number of nitrogens with zero attached hydrogens (tertiary/aromatic N) is 1. The van der Waals surface area contributed by atoms with Crippen LogP contribution in [0.5, 0.6) is 11.5 Å². The minimum absolute atomic E-state index is 0.0523. The highest BCUT2D eigenvalue weighted by Gasteiger charge is 2.41. The molecule has 0 aliphatic heterocycles. The zero-order chi connectivity index (χ0) is 21.0. The third-order valence-corrected chi connectivity index (χ3v) is 6.18. The molecule has 1 aromatic carbocycles. The van der Waals surface area contributed by atoms with Crippen molar-refractivity contribution >= 4 is 23.4 Å². The van der Waals surface area contributed by atoms with E-state index in [9.17, 15) is 9.59 Å². The number of alkyl halides is 1. The first-order valence-corrected chi connectivity index (χ1v) is 10.9. The van der Waals surface area contributed by atoms with Gasteiger partial charge in [0.05, 0.1) is 14.2 Å². The van der Waals surface area contributed by atoms with E-state index in [1.165, 1.54) is 0 Å². The molecule has 0 saturated heterocycles. The lowest BCUT2D eigenvalue weighted by atomic mass is 9.87. The number of carbonyl (C=O) groups excluding carboxylic acids is 2. The molecule has 0 radical (unpaired) electrons. The second-order valence-corrected chi connectivity index (χ2v) is 8.42. The van der Waals surface area contributed by atoms with Gasteiger partial charge >= 0.3 is 0 Å². The summed E-state index contributed by atoms with van der Waals surface area (Å²) in [7, 11) is 3.13. The number of rotatable bonds is 8. The van der Waals surface area contributed by atoms with Gasteiger partial charge in [0.15, 0.2) is 11.5 Å². The molecule has 2 aliphatic rings. The van der Waals surface area contributed by atoms with Gasteiger partial charge in [0.2, 0.25) is 11.8 Å². The average Bonchev–Trinajstić information content (AvgIpc) is 3.57. The molecule has 1 unspecified atom stereocenters. The highest BCUT2D eigenvalue weighted by Crippen LogP contribution is 2.38. The zero-order valence-electron chi connectivity index (χ0n) is 17.4. The van der Waals surface area contributed by atoms with Crippen molar-refractivity contribution < 1.29 is 19.1 Å². The molecule has 0 spiro atoms. The summed E-state index contributed by atoms with van der Waals surface area (Å²) >= 11 is 5.90. The van der Waals surface area contributed by atoms with E-state index in [0.717, 1.165) is 38.5 Å². The highest BCUT2D eigenvalue weighted by atomic mass is 35.5. The Morgan fingerprint density at radius 1 is 1.10 bits per heavy atom. The Morgan fingerprint density at radius 2 is 1.76 bits per heavy atom. The van der Waals surface area contributed by atoms with Gasteiger partial charge in [-0.25, -0.2) is 0 Å². The molecule has 1 atom stereocenters. The van der Waals surface area contributed by atoms with Crippen LogP contribution < -0.4 is 14.8 Å². The number of amides is 2. The fourth-order valence-corrected chi connectivity index (χ4v) is 4.26. The molecule has 7 heteroatoms. The summed E-state index contributed by atoms with van der Waals surface area (Å²) in [5, 5.41) is 3.20. The molecule has 1 aromatic rings. The molecule has 29 heavy (non-hydrogen) atoms. The van der Waals surface area contributed by atoms with E-state index >= 15 is 0 Å². The number of ether oxygens (including phenoxy) is 2. The molecule has 6 nitrogen and oxygen atoms in total. The fraction of sp³-hybridized carbons (Fsp3) is 0.636. The maximum Gasteiger partial charge on any atom is 0.247 e. The molecular formula is C22H31ClN2O4. The van der Waals surface area contributed by atoms with Gasteiger partial charge in [-0.1, -0.05) is 13.0 Å².